The third-order valence-electron chi connectivity index (χ3n) is 3.61. The van der Waals surface area contributed by atoms with Gasteiger partial charge in [0, 0.05) is 29.2 Å². The van der Waals surface area contributed by atoms with Crippen LogP contribution in [0.5, 0.6) is 0 Å². The van der Waals surface area contributed by atoms with Gasteiger partial charge in [0.05, 0.1) is 12.0 Å². The van der Waals surface area contributed by atoms with E-state index in [-0.39, 0.29) is 35.7 Å². The van der Waals surface area contributed by atoms with E-state index < -0.39 is 29.4 Å². The van der Waals surface area contributed by atoms with Gasteiger partial charge in [-0.05, 0) is 36.4 Å². The maximum atomic E-state index is 13.6. The third-order valence-corrected chi connectivity index (χ3v) is 3.96. The molecule has 2 rings (SSSR count). The van der Waals surface area contributed by atoms with E-state index in [1.165, 1.54) is 18.2 Å². The second-order valence-corrected chi connectivity index (χ2v) is 5.97. The van der Waals surface area contributed by atoms with Crippen molar-refractivity contribution in [1.82, 2.24) is 10.6 Å². The van der Waals surface area contributed by atoms with Crippen LogP contribution < -0.4 is 10.6 Å². The first-order valence-electron chi connectivity index (χ1n) is 7.83. The Morgan fingerprint density at radius 1 is 0.963 bits per heavy atom. The molecule has 2 N–H and O–H groups in total. The van der Waals surface area contributed by atoms with Gasteiger partial charge in [0.15, 0.2) is 0 Å². The predicted molar refractivity (Wildman–Crippen MR) is 91.9 cm³/mol. The number of halogens is 5. The van der Waals surface area contributed by atoms with Gasteiger partial charge in [0.25, 0.3) is 5.91 Å². The standard InChI is InChI=1S/C18H15ClF4N2O2/c19-14-2-1-3-15(20)13(14)10-16(26)24-8-9-25-17(27)11-4-6-12(7-5-11)18(21,22)23/h1-7H,8-10H2,(H,24,26)(H,25,27). The molecule has 4 nitrogen and oxygen atoms in total. The van der Waals surface area contributed by atoms with Gasteiger partial charge in [-0.15, -0.1) is 0 Å². The molecule has 2 aromatic carbocycles. The summed E-state index contributed by atoms with van der Waals surface area (Å²) in [6.45, 7) is 0.119. The minimum Gasteiger partial charge on any atom is -0.354 e. The van der Waals surface area contributed by atoms with E-state index in [9.17, 15) is 27.2 Å². The Morgan fingerprint density at radius 2 is 1.59 bits per heavy atom. The summed E-state index contributed by atoms with van der Waals surface area (Å²) in [5, 5.41) is 5.10. The summed E-state index contributed by atoms with van der Waals surface area (Å²) in [4.78, 5) is 23.7. The van der Waals surface area contributed by atoms with Crippen LogP contribution in [0.4, 0.5) is 17.6 Å². The lowest BCUT2D eigenvalue weighted by molar-refractivity contribution is -0.137. The number of hydrogen-bond donors (Lipinski definition) is 2. The fourth-order valence-corrected chi connectivity index (χ4v) is 2.44. The highest BCUT2D eigenvalue weighted by Gasteiger charge is 2.30. The highest BCUT2D eigenvalue weighted by atomic mass is 35.5. The first-order valence-corrected chi connectivity index (χ1v) is 8.21. The van der Waals surface area contributed by atoms with Crippen molar-refractivity contribution in [3.05, 3.63) is 70.0 Å². The molecule has 27 heavy (non-hydrogen) atoms. The van der Waals surface area contributed by atoms with Crippen LogP contribution in [0.25, 0.3) is 0 Å². The fraction of sp³-hybridized carbons (Fsp3) is 0.222. The van der Waals surface area contributed by atoms with Crippen LogP contribution in [0, 0.1) is 5.82 Å². The Balaban J connectivity index is 1.77. The van der Waals surface area contributed by atoms with E-state index in [4.69, 9.17) is 11.6 Å². The highest BCUT2D eigenvalue weighted by Crippen LogP contribution is 2.29. The SMILES string of the molecule is O=C(Cc1c(F)cccc1Cl)NCCNC(=O)c1ccc(C(F)(F)F)cc1. The molecule has 0 saturated heterocycles. The van der Waals surface area contributed by atoms with Crippen molar-refractivity contribution in [1.29, 1.82) is 0 Å². The van der Waals surface area contributed by atoms with Crippen molar-refractivity contribution in [3.63, 3.8) is 0 Å². The van der Waals surface area contributed by atoms with Crippen molar-refractivity contribution < 1.29 is 27.2 Å². The number of benzene rings is 2. The Hall–Kier alpha value is -2.61. The topological polar surface area (TPSA) is 58.2 Å². The van der Waals surface area contributed by atoms with Crippen LogP contribution in [0.2, 0.25) is 5.02 Å². The molecule has 0 atom stereocenters. The number of carbonyl (C=O) groups is 2. The van der Waals surface area contributed by atoms with E-state index in [1.807, 2.05) is 0 Å². The number of rotatable bonds is 6. The van der Waals surface area contributed by atoms with Crippen LogP contribution in [0.1, 0.15) is 21.5 Å². The quantitative estimate of drug-likeness (QED) is 0.573. The van der Waals surface area contributed by atoms with Gasteiger partial charge in [-0.3, -0.25) is 9.59 Å². The zero-order chi connectivity index (χ0) is 20.0. The van der Waals surface area contributed by atoms with Gasteiger partial charge in [0.1, 0.15) is 5.82 Å². The van der Waals surface area contributed by atoms with E-state index in [1.54, 1.807) is 0 Å². The average molecular weight is 403 g/mol. The molecule has 0 radical (unpaired) electrons. The lowest BCUT2D eigenvalue weighted by Gasteiger charge is -2.10. The summed E-state index contributed by atoms with van der Waals surface area (Å²) in [5.41, 5.74) is -0.712. The predicted octanol–water partition coefficient (Wildman–Crippen LogP) is 3.59. The smallest absolute Gasteiger partial charge is 0.354 e. The zero-order valence-electron chi connectivity index (χ0n) is 13.9. The second kappa shape index (κ2) is 8.85. The Labute approximate surface area is 157 Å². The first kappa shape index (κ1) is 20.7. The summed E-state index contributed by atoms with van der Waals surface area (Å²) in [6, 6.07) is 7.85. The third kappa shape index (κ3) is 5.96. The molecular weight excluding hydrogens is 388 g/mol. The molecule has 0 aliphatic carbocycles. The van der Waals surface area contributed by atoms with Crippen LogP contribution in [0.15, 0.2) is 42.5 Å². The summed E-state index contributed by atoms with van der Waals surface area (Å²) >= 11 is 5.84. The number of hydrogen-bond acceptors (Lipinski definition) is 2. The molecule has 144 valence electrons. The lowest BCUT2D eigenvalue weighted by Crippen LogP contribution is -2.35. The van der Waals surface area contributed by atoms with Crippen molar-refractivity contribution in [2.45, 2.75) is 12.6 Å². The van der Waals surface area contributed by atoms with Gasteiger partial charge >= 0.3 is 6.18 Å². The lowest BCUT2D eigenvalue weighted by atomic mass is 10.1. The molecule has 0 unspecified atom stereocenters. The van der Waals surface area contributed by atoms with E-state index in [0.717, 1.165) is 24.3 Å². The van der Waals surface area contributed by atoms with Crippen molar-refractivity contribution >= 4 is 23.4 Å². The van der Waals surface area contributed by atoms with Crippen molar-refractivity contribution in [3.8, 4) is 0 Å². The molecule has 0 saturated carbocycles. The van der Waals surface area contributed by atoms with Gasteiger partial charge in [0.2, 0.25) is 5.91 Å². The number of amides is 2. The average Bonchev–Trinajstić information content (AvgIpc) is 2.61. The fourth-order valence-electron chi connectivity index (χ4n) is 2.21. The molecular formula is C18H15ClF4N2O2. The van der Waals surface area contributed by atoms with E-state index in [2.05, 4.69) is 10.6 Å². The van der Waals surface area contributed by atoms with Crippen LogP contribution in [0.3, 0.4) is 0 Å². The number of alkyl halides is 3. The molecule has 2 amide bonds. The number of nitrogens with one attached hydrogen (secondary N) is 2. The molecule has 0 aliphatic heterocycles. The summed E-state index contributed by atoms with van der Waals surface area (Å²) < 4.78 is 51.0. The minimum absolute atomic E-state index is 0.0522. The molecule has 0 aliphatic rings. The largest absolute Gasteiger partial charge is 0.416 e. The Morgan fingerprint density at radius 3 is 2.19 bits per heavy atom. The highest BCUT2D eigenvalue weighted by molar-refractivity contribution is 6.31. The maximum Gasteiger partial charge on any atom is 0.416 e. The molecule has 9 heteroatoms. The Kier molecular flexibility index (Phi) is 6.79. The summed E-state index contributed by atoms with van der Waals surface area (Å²) in [6.07, 6.45) is -4.72. The minimum atomic E-state index is -4.47. The Bertz CT molecular complexity index is 803. The van der Waals surface area contributed by atoms with Crippen LogP contribution in [-0.4, -0.2) is 24.9 Å². The van der Waals surface area contributed by atoms with Crippen LogP contribution >= 0.6 is 11.6 Å². The second-order valence-electron chi connectivity index (χ2n) is 5.56. The molecule has 0 aromatic heterocycles. The van der Waals surface area contributed by atoms with Crippen LogP contribution in [-0.2, 0) is 17.4 Å². The molecule has 0 spiro atoms. The number of carbonyl (C=O) groups excluding carboxylic acids is 2. The normalized spacial score (nSPS) is 11.1. The molecule has 0 bridgehead atoms. The summed E-state index contributed by atoms with van der Waals surface area (Å²) in [7, 11) is 0. The molecule has 2 aromatic rings. The van der Waals surface area contributed by atoms with Crippen molar-refractivity contribution in [2.24, 2.45) is 0 Å². The monoisotopic (exact) mass is 402 g/mol. The maximum absolute atomic E-state index is 13.6. The van der Waals surface area contributed by atoms with E-state index >= 15 is 0 Å². The molecule has 0 fully saturated rings. The van der Waals surface area contributed by atoms with Gasteiger partial charge < -0.3 is 10.6 Å². The molecule has 0 heterocycles. The van der Waals surface area contributed by atoms with Gasteiger partial charge in [-0.2, -0.15) is 13.2 Å². The zero-order valence-corrected chi connectivity index (χ0v) is 14.6. The summed E-state index contributed by atoms with van der Waals surface area (Å²) in [5.74, 6) is -1.64. The van der Waals surface area contributed by atoms with E-state index in [0.29, 0.717) is 0 Å². The van der Waals surface area contributed by atoms with Crippen molar-refractivity contribution in [2.75, 3.05) is 13.1 Å². The van der Waals surface area contributed by atoms with Gasteiger partial charge in [-0.1, -0.05) is 17.7 Å². The van der Waals surface area contributed by atoms with Gasteiger partial charge in [-0.25, -0.2) is 4.39 Å². The first-order chi connectivity index (χ1) is 12.7.